The lowest BCUT2D eigenvalue weighted by atomic mass is 10.2. The second kappa shape index (κ2) is 9.27. The van der Waals surface area contributed by atoms with E-state index in [1.807, 2.05) is 0 Å². The number of alkyl halides is 3. The van der Waals surface area contributed by atoms with Crippen LogP contribution >= 0.6 is 24.0 Å². The molecule has 0 aliphatic carbocycles. The predicted octanol–water partition coefficient (Wildman–Crippen LogP) is 1.57. The fourth-order valence-corrected chi connectivity index (χ4v) is 2.04. The van der Waals surface area contributed by atoms with Gasteiger partial charge in [0.15, 0.2) is 5.96 Å². The summed E-state index contributed by atoms with van der Waals surface area (Å²) in [5.74, 6) is 0.222. The summed E-state index contributed by atoms with van der Waals surface area (Å²) < 4.78 is 58.3. The van der Waals surface area contributed by atoms with Gasteiger partial charge in [-0.05, 0) is 17.7 Å². The number of guanidine groups is 1. The minimum absolute atomic E-state index is 0. The highest BCUT2D eigenvalue weighted by molar-refractivity contribution is 14.0. The molecule has 0 heterocycles. The molecule has 0 amide bonds. The van der Waals surface area contributed by atoms with Crippen molar-refractivity contribution in [3.63, 3.8) is 0 Å². The van der Waals surface area contributed by atoms with Gasteiger partial charge in [-0.3, -0.25) is 4.99 Å². The van der Waals surface area contributed by atoms with Gasteiger partial charge in [0.1, 0.15) is 0 Å². The first-order valence-corrected chi connectivity index (χ1v) is 7.79. The Kier molecular flexibility index (Phi) is 8.84. The zero-order chi connectivity index (χ0) is 16.8. The Labute approximate surface area is 149 Å². The molecule has 6 nitrogen and oxygen atoms in total. The van der Waals surface area contributed by atoms with Crippen molar-refractivity contribution in [2.45, 2.75) is 24.0 Å². The van der Waals surface area contributed by atoms with Gasteiger partial charge in [0.25, 0.3) is 0 Å². The molecule has 4 N–H and O–H groups in total. The van der Waals surface area contributed by atoms with E-state index in [2.05, 4.69) is 15.6 Å². The molecule has 11 heteroatoms. The second-order valence-corrected chi connectivity index (χ2v) is 5.97. The summed E-state index contributed by atoms with van der Waals surface area (Å²) in [4.78, 5) is 3.78. The normalized spacial score (nSPS) is 12.5. The number of aliphatic imine (C=N–C) groups is 1. The quantitative estimate of drug-likeness (QED) is 0.349. The highest BCUT2D eigenvalue weighted by Gasteiger charge is 2.26. The van der Waals surface area contributed by atoms with Crippen LogP contribution in [0.15, 0.2) is 34.2 Å². The standard InChI is InChI=1S/C12H17F3N4O2S.HI/c1-17-11(18-7-6-12(13,14)15)19-8-9-2-4-10(5-3-9)22(16,20)21;/h2-5H,6-8H2,1H3,(H2,16,20,21)(H2,17,18,19);1H. The van der Waals surface area contributed by atoms with E-state index < -0.39 is 22.6 Å². The van der Waals surface area contributed by atoms with Crippen LogP contribution in [0.4, 0.5) is 13.2 Å². The van der Waals surface area contributed by atoms with Gasteiger partial charge in [0.05, 0.1) is 11.3 Å². The van der Waals surface area contributed by atoms with Gasteiger partial charge in [-0.2, -0.15) is 13.2 Å². The average molecular weight is 466 g/mol. The van der Waals surface area contributed by atoms with E-state index in [-0.39, 0.29) is 47.9 Å². The van der Waals surface area contributed by atoms with Gasteiger partial charge in [-0.15, -0.1) is 24.0 Å². The Balaban J connectivity index is 0.00000484. The molecule has 1 aromatic rings. The van der Waals surface area contributed by atoms with Crippen LogP contribution in [0.3, 0.4) is 0 Å². The molecule has 0 aliphatic heterocycles. The number of hydrogen-bond acceptors (Lipinski definition) is 3. The molecule has 0 aliphatic rings. The molecule has 0 fully saturated rings. The van der Waals surface area contributed by atoms with E-state index in [4.69, 9.17) is 5.14 Å². The van der Waals surface area contributed by atoms with Crippen LogP contribution < -0.4 is 15.8 Å². The van der Waals surface area contributed by atoms with Crippen LogP contribution in [0.1, 0.15) is 12.0 Å². The van der Waals surface area contributed by atoms with Crippen LogP contribution in [0.2, 0.25) is 0 Å². The summed E-state index contributed by atoms with van der Waals surface area (Å²) in [6.07, 6.45) is -5.19. The zero-order valence-corrected chi connectivity index (χ0v) is 15.4. The number of hydrogen-bond donors (Lipinski definition) is 3. The Morgan fingerprint density at radius 2 is 1.78 bits per heavy atom. The Morgan fingerprint density at radius 3 is 2.22 bits per heavy atom. The van der Waals surface area contributed by atoms with Crippen molar-refractivity contribution in [1.82, 2.24) is 10.6 Å². The molecule has 23 heavy (non-hydrogen) atoms. The summed E-state index contributed by atoms with van der Waals surface area (Å²) in [6, 6.07) is 5.81. The van der Waals surface area contributed by atoms with Crippen molar-refractivity contribution in [2.75, 3.05) is 13.6 Å². The van der Waals surface area contributed by atoms with Crippen molar-refractivity contribution in [2.24, 2.45) is 10.1 Å². The van der Waals surface area contributed by atoms with Crippen molar-refractivity contribution >= 4 is 40.0 Å². The van der Waals surface area contributed by atoms with Crippen molar-refractivity contribution < 1.29 is 21.6 Å². The highest BCUT2D eigenvalue weighted by atomic mass is 127. The van der Waals surface area contributed by atoms with E-state index in [0.717, 1.165) is 5.56 Å². The van der Waals surface area contributed by atoms with Gasteiger partial charge in [-0.25, -0.2) is 13.6 Å². The van der Waals surface area contributed by atoms with Crippen LogP contribution in [-0.4, -0.2) is 34.1 Å². The van der Waals surface area contributed by atoms with Crippen LogP contribution in [0.25, 0.3) is 0 Å². The maximum atomic E-state index is 12.0. The topological polar surface area (TPSA) is 96.6 Å². The molecule has 1 rings (SSSR count). The fourth-order valence-electron chi connectivity index (χ4n) is 1.53. The summed E-state index contributed by atoms with van der Waals surface area (Å²) in [5, 5.41) is 10.3. The molecule has 1 aromatic carbocycles. The third kappa shape index (κ3) is 8.95. The Bertz CT molecular complexity index is 618. The molecule has 0 aromatic heterocycles. The third-order valence-electron chi connectivity index (χ3n) is 2.64. The zero-order valence-electron chi connectivity index (χ0n) is 12.2. The van der Waals surface area contributed by atoms with Crippen molar-refractivity contribution in [1.29, 1.82) is 0 Å². The van der Waals surface area contributed by atoms with Gasteiger partial charge in [-0.1, -0.05) is 12.1 Å². The van der Waals surface area contributed by atoms with Crippen LogP contribution in [0.5, 0.6) is 0 Å². The average Bonchev–Trinajstić information content (AvgIpc) is 2.41. The molecular weight excluding hydrogens is 448 g/mol. The molecule has 0 radical (unpaired) electrons. The summed E-state index contributed by atoms with van der Waals surface area (Å²) >= 11 is 0. The number of halogens is 4. The summed E-state index contributed by atoms with van der Waals surface area (Å²) in [5.41, 5.74) is 0.728. The van der Waals surface area contributed by atoms with Crippen LogP contribution in [0, 0.1) is 0 Å². The molecule has 0 bridgehead atoms. The van der Waals surface area contributed by atoms with Gasteiger partial charge in [0.2, 0.25) is 10.0 Å². The lowest BCUT2D eigenvalue weighted by Gasteiger charge is -2.13. The second-order valence-electron chi connectivity index (χ2n) is 4.41. The number of nitrogens with one attached hydrogen (secondary N) is 2. The maximum absolute atomic E-state index is 12.0. The van der Waals surface area contributed by atoms with Crippen LogP contribution in [-0.2, 0) is 16.6 Å². The molecular formula is C12H18F3IN4O2S. The van der Waals surface area contributed by atoms with E-state index in [1.165, 1.54) is 19.2 Å². The molecule has 0 unspecified atom stereocenters. The highest BCUT2D eigenvalue weighted by Crippen LogP contribution is 2.18. The van der Waals surface area contributed by atoms with E-state index in [1.54, 1.807) is 12.1 Å². The number of rotatable bonds is 5. The van der Waals surface area contributed by atoms with E-state index in [0.29, 0.717) is 0 Å². The van der Waals surface area contributed by atoms with Gasteiger partial charge in [0, 0.05) is 20.1 Å². The molecule has 0 saturated heterocycles. The summed E-state index contributed by atoms with van der Waals surface area (Å²) in [6.45, 7) is -0.00980. The first-order valence-electron chi connectivity index (χ1n) is 6.25. The molecule has 132 valence electrons. The first kappa shape index (κ1) is 21.9. The predicted molar refractivity (Wildman–Crippen MR) is 92.1 cm³/mol. The molecule has 0 spiro atoms. The Morgan fingerprint density at radius 1 is 1.22 bits per heavy atom. The molecule has 0 saturated carbocycles. The maximum Gasteiger partial charge on any atom is 0.390 e. The SMILES string of the molecule is CN=C(NCCC(F)(F)F)NCc1ccc(S(N)(=O)=O)cc1.I. The summed E-state index contributed by atoms with van der Waals surface area (Å²) in [7, 11) is -2.31. The fraction of sp³-hybridized carbons (Fsp3) is 0.417. The monoisotopic (exact) mass is 466 g/mol. The number of benzene rings is 1. The Hall–Kier alpha value is -1.08. The number of nitrogens with zero attached hydrogens (tertiary/aromatic N) is 1. The van der Waals surface area contributed by atoms with E-state index >= 15 is 0 Å². The first-order chi connectivity index (χ1) is 10.1. The molecule has 0 atom stereocenters. The van der Waals surface area contributed by atoms with Gasteiger partial charge >= 0.3 is 6.18 Å². The number of sulfonamides is 1. The largest absolute Gasteiger partial charge is 0.390 e. The third-order valence-corrected chi connectivity index (χ3v) is 3.57. The smallest absolute Gasteiger partial charge is 0.356 e. The lowest BCUT2D eigenvalue weighted by molar-refractivity contribution is -0.132. The van der Waals surface area contributed by atoms with Crippen molar-refractivity contribution in [3.8, 4) is 0 Å². The minimum atomic E-state index is -4.23. The minimum Gasteiger partial charge on any atom is -0.356 e. The van der Waals surface area contributed by atoms with Gasteiger partial charge < -0.3 is 10.6 Å². The number of primary sulfonamides is 1. The lowest BCUT2D eigenvalue weighted by Crippen LogP contribution is -2.38. The van der Waals surface area contributed by atoms with E-state index in [9.17, 15) is 21.6 Å². The van der Waals surface area contributed by atoms with Crippen molar-refractivity contribution in [3.05, 3.63) is 29.8 Å². The number of nitrogens with two attached hydrogens (primary N) is 1.